The van der Waals surface area contributed by atoms with Crippen LogP contribution in [-0.2, 0) is 16.1 Å². The van der Waals surface area contributed by atoms with E-state index in [0.29, 0.717) is 11.5 Å². The van der Waals surface area contributed by atoms with E-state index < -0.39 is 9.73 Å². The second-order valence-electron chi connectivity index (χ2n) is 4.16. The minimum Gasteiger partial charge on any atom is -0.253 e. The minimum atomic E-state index is -2.31. The molecule has 0 fully saturated rings. The summed E-state index contributed by atoms with van der Waals surface area (Å²) in [5.74, 6) is 1.11. The van der Waals surface area contributed by atoms with Gasteiger partial charge in [0.25, 0.3) is 0 Å². The van der Waals surface area contributed by atoms with Crippen LogP contribution < -0.4 is 0 Å². The van der Waals surface area contributed by atoms with Crippen molar-refractivity contribution in [1.82, 2.24) is 0 Å². The molecule has 16 heavy (non-hydrogen) atoms. The number of aryl methyl sites for hydroxylation is 1. The van der Waals surface area contributed by atoms with Crippen molar-refractivity contribution in [1.29, 1.82) is 4.78 Å². The smallest absolute Gasteiger partial charge is 0.0441 e. The molecule has 0 amide bonds. The van der Waals surface area contributed by atoms with Gasteiger partial charge < -0.3 is 0 Å². The summed E-state index contributed by atoms with van der Waals surface area (Å²) in [6.45, 7) is 2.07. The molecule has 0 spiro atoms. The van der Waals surface area contributed by atoms with Crippen LogP contribution in [-0.4, -0.2) is 15.7 Å². The molecule has 2 nitrogen and oxygen atoms in total. The summed E-state index contributed by atoms with van der Waals surface area (Å²) in [7, 11) is -2.31. The Morgan fingerprint density at radius 3 is 2.38 bits per heavy atom. The Morgan fingerprint density at radius 1 is 1.12 bits per heavy atom. The molecule has 0 heterocycles. The lowest BCUT2D eigenvalue weighted by atomic mass is 10.1. The summed E-state index contributed by atoms with van der Waals surface area (Å²) in [6, 6.07) is 10.2. The van der Waals surface area contributed by atoms with Gasteiger partial charge in [0, 0.05) is 21.2 Å². The molecule has 90 valence electrons. The molecule has 0 aliphatic heterocycles. The second kappa shape index (κ2) is 6.69. The van der Waals surface area contributed by atoms with Crippen molar-refractivity contribution in [2.45, 2.75) is 32.6 Å². The van der Waals surface area contributed by atoms with Crippen LogP contribution in [0.15, 0.2) is 30.3 Å². The van der Waals surface area contributed by atoms with E-state index >= 15 is 0 Å². The van der Waals surface area contributed by atoms with Gasteiger partial charge in [-0.2, -0.15) is 0 Å². The lowest BCUT2D eigenvalue weighted by Gasteiger charge is -2.06. The molecule has 0 saturated carbocycles. The van der Waals surface area contributed by atoms with E-state index in [-0.39, 0.29) is 0 Å². The van der Waals surface area contributed by atoms with E-state index in [2.05, 4.69) is 19.1 Å². The van der Waals surface area contributed by atoms with Crippen molar-refractivity contribution in [2.75, 3.05) is 11.5 Å². The summed E-state index contributed by atoms with van der Waals surface area (Å²) in [5.41, 5.74) is 1.27. The predicted molar refractivity (Wildman–Crippen MR) is 70.3 cm³/mol. The molecule has 0 bridgehead atoms. The molecule has 1 aromatic carbocycles. The van der Waals surface area contributed by atoms with Crippen molar-refractivity contribution < 1.29 is 4.21 Å². The quantitative estimate of drug-likeness (QED) is 0.777. The topological polar surface area (TPSA) is 40.9 Å². The van der Waals surface area contributed by atoms with Crippen LogP contribution >= 0.6 is 0 Å². The molecule has 0 aliphatic carbocycles. The Hall–Kier alpha value is -0.830. The van der Waals surface area contributed by atoms with Crippen LogP contribution in [0, 0.1) is 4.78 Å². The van der Waals surface area contributed by atoms with Gasteiger partial charge >= 0.3 is 0 Å². The van der Waals surface area contributed by atoms with Crippen LogP contribution in [0.4, 0.5) is 0 Å². The highest BCUT2D eigenvalue weighted by Gasteiger charge is 2.05. The van der Waals surface area contributed by atoms with Crippen molar-refractivity contribution in [3.63, 3.8) is 0 Å². The Bertz CT molecular complexity index is 384. The second-order valence-corrected chi connectivity index (χ2v) is 6.60. The molecular weight excluding hydrogens is 218 g/mol. The SMILES string of the molecule is CCCCS(=N)(=O)CCCc1ccccc1. The van der Waals surface area contributed by atoms with Gasteiger partial charge in [0.2, 0.25) is 0 Å². The average Bonchev–Trinajstić information content (AvgIpc) is 2.28. The van der Waals surface area contributed by atoms with Gasteiger partial charge in [0.05, 0.1) is 0 Å². The maximum absolute atomic E-state index is 11.8. The Morgan fingerprint density at radius 2 is 1.75 bits per heavy atom. The van der Waals surface area contributed by atoms with Crippen molar-refractivity contribution in [3.05, 3.63) is 35.9 Å². The molecule has 3 heteroatoms. The lowest BCUT2D eigenvalue weighted by molar-refractivity contribution is 0.667. The monoisotopic (exact) mass is 239 g/mol. The van der Waals surface area contributed by atoms with Crippen molar-refractivity contribution in [2.24, 2.45) is 0 Å². The third-order valence-corrected chi connectivity index (χ3v) is 4.51. The molecule has 0 radical (unpaired) electrons. The third-order valence-electron chi connectivity index (χ3n) is 2.61. The zero-order valence-electron chi connectivity index (χ0n) is 9.95. The van der Waals surface area contributed by atoms with Gasteiger partial charge in [-0.1, -0.05) is 43.7 Å². The third kappa shape index (κ3) is 5.31. The Labute approximate surface area is 99.1 Å². The van der Waals surface area contributed by atoms with Crippen LogP contribution in [0.25, 0.3) is 0 Å². The van der Waals surface area contributed by atoms with Gasteiger partial charge in [0.15, 0.2) is 0 Å². The zero-order valence-corrected chi connectivity index (χ0v) is 10.8. The van der Waals surface area contributed by atoms with Crippen LogP contribution in [0.2, 0.25) is 0 Å². The minimum absolute atomic E-state index is 0.544. The molecule has 0 saturated heterocycles. The summed E-state index contributed by atoms with van der Waals surface area (Å²) in [4.78, 5) is 0. The van der Waals surface area contributed by atoms with E-state index in [4.69, 9.17) is 4.78 Å². The zero-order chi connectivity index (χ0) is 11.9. The van der Waals surface area contributed by atoms with Crippen molar-refractivity contribution >= 4 is 9.73 Å². The van der Waals surface area contributed by atoms with E-state index in [1.54, 1.807) is 0 Å². The summed E-state index contributed by atoms with van der Waals surface area (Å²) in [6.07, 6.45) is 3.72. The first kappa shape index (κ1) is 13.2. The van der Waals surface area contributed by atoms with E-state index in [1.165, 1.54) is 5.56 Å². The Balaban J connectivity index is 2.30. The highest BCUT2D eigenvalue weighted by atomic mass is 32.2. The van der Waals surface area contributed by atoms with Crippen LogP contribution in [0.3, 0.4) is 0 Å². The number of benzene rings is 1. The molecule has 0 aliphatic rings. The van der Waals surface area contributed by atoms with E-state index in [9.17, 15) is 4.21 Å². The maximum atomic E-state index is 11.8. The lowest BCUT2D eigenvalue weighted by Crippen LogP contribution is -2.09. The highest BCUT2D eigenvalue weighted by molar-refractivity contribution is 7.92. The number of unbranched alkanes of at least 4 members (excludes halogenated alkanes) is 1. The summed E-state index contributed by atoms with van der Waals surface area (Å²) in [5, 5.41) is 0. The first-order valence-electron chi connectivity index (χ1n) is 5.92. The number of rotatable bonds is 7. The van der Waals surface area contributed by atoms with Gasteiger partial charge in [-0.05, 0) is 24.8 Å². The van der Waals surface area contributed by atoms with E-state index in [1.807, 2.05) is 18.2 Å². The van der Waals surface area contributed by atoms with Gasteiger partial charge in [-0.3, -0.25) is 4.78 Å². The molecule has 1 atom stereocenters. The van der Waals surface area contributed by atoms with Crippen LogP contribution in [0.1, 0.15) is 31.7 Å². The standard InChI is InChI=1S/C13H21NOS/c1-2-3-11-16(14,15)12-7-10-13-8-5-4-6-9-13/h4-6,8-9,14H,2-3,7,10-12H2,1H3. The number of hydrogen-bond acceptors (Lipinski definition) is 2. The molecule has 1 unspecified atom stereocenters. The highest BCUT2D eigenvalue weighted by Crippen LogP contribution is 2.06. The maximum Gasteiger partial charge on any atom is 0.0441 e. The normalized spacial score (nSPS) is 14.6. The van der Waals surface area contributed by atoms with Gasteiger partial charge in [-0.25, -0.2) is 4.21 Å². The summed E-state index contributed by atoms with van der Waals surface area (Å²) < 4.78 is 19.5. The fourth-order valence-electron chi connectivity index (χ4n) is 1.63. The molecule has 1 rings (SSSR count). The van der Waals surface area contributed by atoms with Crippen molar-refractivity contribution in [3.8, 4) is 0 Å². The Kier molecular flexibility index (Phi) is 5.53. The fraction of sp³-hybridized carbons (Fsp3) is 0.538. The first-order valence-corrected chi connectivity index (χ1v) is 7.82. The largest absolute Gasteiger partial charge is 0.253 e. The summed E-state index contributed by atoms with van der Waals surface area (Å²) >= 11 is 0. The van der Waals surface area contributed by atoms with E-state index in [0.717, 1.165) is 25.7 Å². The molecule has 1 aromatic rings. The first-order chi connectivity index (χ1) is 7.64. The average molecular weight is 239 g/mol. The number of hydrogen-bond donors (Lipinski definition) is 1. The van der Waals surface area contributed by atoms with Crippen LogP contribution in [0.5, 0.6) is 0 Å². The predicted octanol–water partition coefficient (Wildman–Crippen LogP) is 3.47. The molecule has 1 N–H and O–H groups in total. The number of nitrogens with one attached hydrogen (secondary N) is 1. The van der Waals surface area contributed by atoms with Gasteiger partial charge in [-0.15, -0.1) is 0 Å². The molecule has 0 aromatic heterocycles. The fourth-order valence-corrected chi connectivity index (χ4v) is 3.20. The molecular formula is C13H21NOS. The van der Waals surface area contributed by atoms with Gasteiger partial charge in [0.1, 0.15) is 0 Å².